The van der Waals surface area contributed by atoms with Gasteiger partial charge in [0.1, 0.15) is 6.26 Å². The summed E-state index contributed by atoms with van der Waals surface area (Å²) in [5.74, 6) is 0.581. The van der Waals surface area contributed by atoms with Gasteiger partial charge >= 0.3 is 0 Å². The summed E-state index contributed by atoms with van der Waals surface area (Å²) >= 11 is 5.58. The van der Waals surface area contributed by atoms with Crippen LogP contribution in [0.1, 0.15) is 5.69 Å². The normalized spacial score (nSPS) is 10.3. The molecule has 0 aliphatic carbocycles. The maximum absolute atomic E-state index is 10.6. The Hall–Kier alpha value is -1.88. The number of rotatable bonds is 3. The summed E-state index contributed by atoms with van der Waals surface area (Å²) in [6, 6.07) is 6.09. The SMILES string of the molecule is O=[N+]([O-])c1cccc(-c2nc(CCl)co2)c1. The molecule has 6 heteroatoms. The largest absolute Gasteiger partial charge is 0.444 e. The maximum atomic E-state index is 10.6. The number of non-ortho nitro benzene ring substituents is 1. The van der Waals surface area contributed by atoms with Gasteiger partial charge in [-0.15, -0.1) is 11.6 Å². The Bertz CT molecular complexity index is 524. The smallest absolute Gasteiger partial charge is 0.270 e. The summed E-state index contributed by atoms with van der Waals surface area (Å²) in [5.41, 5.74) is 1.16. The second-order valence-corrected chi connectivity index (χ2v) is 3.35. The van der Waals surface area contributed by atoms with Gasteiger partial charge in [-0.2, -0.15) is 0 Å². The fraction of sp³-hybridized carbons (Fsp3) is 0.100. The molecule has 5 nitrogen and oxygen atoms in total. The number of oxazole rings is 1. The Kier molecular flexibility index (Phi) is 2.87. The first-order valence-corrected chi connectivity index (χ1v) is 4.99. The molecule has 0 amide bonds. The van der Waals surface area contributed by atoms with Crippen LogP contribution >= 0.6 is 11.6 Å². The van der Waals surface area contributed by atoms with Gasteiger partial charge in [-0.05, 0) is 6.07 Å². The summed E-state index contributed by atoms with van der Waals surface area (Å²) in [5, 5.41) is 10.6. The molecule has 16 heavy (non-hydrogen) atoms. The number of hydrogen-bond acceptors (Lipinski definition) is 4. The van der Waals surface area contributed by atoms with E-state index in [0.717, 1.165) is 0 Å². The molecule has 1 aromatic heterocycles. The van der Waals surface area contributed by atoms with E-state index >= 15 is 0 Å². The minimum Gasteiger partial charge on any atom is -0.444 e. The van der Waals surface area contributed by atoms with Crippen LogP contribution in [0.3, 0.4) is 0 Å². The van der Waals surface area contributed by atoms with Crippen LogP contribution in [0.15, 0.2) is 34.9 Å². The van der Waals surface area contributed by atoms with Gasteiger partial charge in [-0.1, -0.05) is 6.07 Å². The van der Waals surface area contributed by atoms with Crippen LogP contribution in [-0.2, 0) is 5.88 Å². The molecule has 82 valence electrons. The van der Waals surface area contributed by atoms with Crippen LogP contribution in [0.2, 0.25) is 0 Å². The zero-order valence-electron chi connectivity index (χ0n) is 8.09. The summed E-state index contributed by atoms with van der Waals surface area (Å²) in [4.78, 5) is 14.2. The van der Waals surface area contributed by atoms with E-state index in [1.165, 1.54) is 18.4 Å². The number of hydrogen-bond donors (Lipinski definition) is 0. The minimum atomic E-state index is -0.463. The minimum absolute atomic E-state index is 0.00289. The van der Waals surface area contributed by atoms with Crippen molar-refractivity contribution in [1.82, 2.24) is 4.98 Å². The van der Waals surface area contributed by atoms with Crippen molar-refractivity contribution >= 4 is 17.3 Å². The molecule has 0 atom stereocenters. The highest BCUT2D eigenvalue weighted by Crippen LogP contribution is 2.23. The fourth-order valence-electron chi connectivity index (χ4n) is 1.25. The van der Waals surface area contributed by atoms with Crippen molar-refractivity contribution in [1.29, 1.82) is 0 Å². The average Bonchev–Trinajstić information content (AvgIpc) is 2.77. The van der Waals surface area contributed by atoms with Crippen LogP contribution in [0.25, 0.3) is 11.5 Å². The van der Waals surface area contributed by atoms with Crippen molar-refractivity contribution < 1.29 is 9.34 Å². The van der Waals surface area contributed by atoms with Gasteiger partial charge in [0, 0.05) is 17.7 Å². The highest BCUT2D eigenvalue weighted by atomic mass is 35.5. The van der Waals surface area contributed by atoms with E-state index in [1.807, 2.05) is 0 Å². The molecule has 0 aliphatic rings. The first-order chi connectivity index (χ1) is 7.70. The van der Waals surface area contributed by atoms with Crippen molar-refractivity contribution in [3.8, 4) is 11.5 Å². The Balaban J connectivity index is 2.40. The third kappa shape index (κ3) is 2.04. The van der Waals surface area contributed by atoms with Gasteiger partial charge in [0.15, 0.2) is 0 Å². The number of alkyl halides is 1. The highest BCUT2D eigenvalue weighted by Gasteiger charge is 2.10. The van der Waals surface area contributed by atoms with Crippen molar-refractivity contribution in [2.45, 2.75) is 5.88 Å². The van der Waals surface area contributed by atoms with Gasteiger partial charge in [-0.25, -0.2) is 4.98 Å². The van der Waals surface area contributed by atoms with Gasteiger partial charge in [-0.3, -0.25) is 10.1 Å². The van der Waals surface area contributed by atoms with Gasteiger partial charge in [0.05, 0.1) is 16.5 Å². The van der Waals surface area contributed by atoms with Crippen LogP contribution in [-0.4, -0.2) is 9.91 Å². The molecule has 0 aliphatic heterocycles. The molecule has 0 radical (unpaired) electrons. The fourth-order valence-corrected chi connectivity index (χ4v) is 1.38. The van der Waals surface area contributed by atoms with Gasteiger partial charge in [0.25, 0.3) is 5.69 Å². The van der Waals surface area contributed by atoms with E-state index in [-0.39, 0.29) is 11.6 Å². The summed E-state index contributed by atoms with van der Waals surface area (Å²) in [6.45, 7) is 0. The van der Waals surface area contributed by atoms with Crippen LogP contribution in [0, 0.1) is 10.1 Å². The third-order valence-corrected chi connectivity index (χ3v) is 2.27. The molecular formula is C10H7ClN2O3. The quantitative estimate of drug-likeness (QED) is 0.468. The first-order valence-electron chi connectivity index (χ1n) is 4.46. The van der Waals surface area contributed by atoms with Crippen molar-refractivity contribution in [3.05, 3.63) is 46.3 Å². The lowest BCUT2D eigenvalue weighted by Gasteiger charge is -1.94. The summed E-state index contributed by atoms with van der Waals surface area (Å²) in [6.07, 6.45) is 1.43. The number of nitrogens with zero attached hydrogens (tertiary/aromatic N) is 2. The van der Waals surface area contributed by atoms with Gasteiger partial charge in [0.2, 0.25) is 5.89 Å². The molecule has 0 saturated heterocycles. The number of halogens is 1. The van der Waals surface area contributed by atoms with Crippen molar-refractivity contribution in [2.75, 3.05) is 0 Å². The predicted molar refractivity (Wildman–Crippen MR) is 58.2 cm³/mol. The second kappa shape index (κ2) is 4.32. The Morgan fingerprint density at radius 1 is 1.50 bits per heavy atom. The number of nitro groups is 1. The molecular weight excluding hydrogens is 232 g/mol. The number of aromatic nitrogens is 1. The average molecular weight is 239 g/mol. The molecule has 1 aromatic carbocycles. The molecule has 1 heterocycles. The van der Waals surface area contributed by atoms with E-state index in [2.05, 4.69) is 4.98 Å². The van der Waals surface area contributed by atoms with E-state index in [9.17, 15) is 10.1 Å². The van der Waals surface area contributed by atoms with Crippen molar-refractivity contribution in [2.24, 2.45) is 0 Å². The van der Waals surface area contributed by atoms with E-state index < -0.39 is 4.92 Å². The zero-order chi connectivity index (χ0) is 11.5. The third-order valence-electron chi connectivity index (χ3n) is 1.99. The van der Waals surface area contributed by atoms with Crippen molar-refractivity contribution in [3.63, 3.8) is 0 Å². The summed E-state index contributed by atoms with van der Waals surface area (Å²) < 4.78 is 5.16. The Morgan fingerprint density at radius 3 is 2.94 bits per heavy atom. The zero-order valence-corrected chi connectivity index (χ0v) is 8.85. The molecule has 0 fully saturated rings. The topological polar surface area (TPSA) is 69.2 Å². The van der Waals surface area contributed by atoms with Crippen LogP contribution in [0.4, 0.5) is 5.69 Å². The molecule has 0 spiro atoms. The van der Waals surface area contributed by atoms with Crippen LogP contribution in [0.5, 0.6) is 0 Å². The lowest BCUT2D eigenvalue weighted by Crippen LogP contribution is -1.88. The van der Waals surface area contributed by atoms with E-state index in [0.29, 0.717) is 17.1 Å². The lowest BCUT2D eigenvalue weighted by atomic mass is 10.2. The molecule has 0 N–H and O–H groups in total. The molecule has 2 aromatic rings. The highest BCUT2D eigenvalue weighted by molar-refractivity contribution is 6.16. The van der Waals surface area contributed by atoms with Crippen LogP contribution < -0.4 is 0 Å². The first kappa shape index (κ1) is 10.6. The molecule has 2 rings (SSSR count). The molecule has 0 unspecified atom stereocenters. The second-order valence-electron chi connectivity index (χ2n) is 3.09. The van der Waals surface area contributed by atoms with E-state index in [4.69, 9.17) is 16.0 Å². The Labute approximate surface area is 95.8 Å². The molecule has 0 bridgehead atoms. The lowest BCUT2D eigenvalue weighted by molar-refractivity contribution is -0.384. The van der Waals surface area contributed by atoms with Gasteiger partial charge < -0.3 is 4.42 Å². The monoisotopic (exact) mass is 238 g/mol. The maximum Gasteiger partial charge on any atom is 0.270 e. The molecule has 0 saturated carbocycles. The number of nitro benzene ring substituents is 1. The Morgan fingerprint density at radius 2 is 2.31 bits per heavy atom. The standard InChI is InChI=1S/C10H7ClN2O3/c11-5-8-6-16-10(12-8)7-2-1-3-9(4-7)13(14)15/h1-4,6H,5H2. The van der Waals surface area contributed by atoms with E-state index in [1.54, 1.807) is 12.1 Å². The number of benzene rings is 1. The predicted octanol–water partition coefficient (Wildman–Crippen LogP) is 2.99. The summed E-state index contributed by atoms with van der Waals surface area (Å²) in [7, 11) is 0.